The van der Waals surface area contributed by atoms with E-state index in [0.717, 1.165) is 24.2 Å². The smallest absolute Gasteiger partial charge is 0.422 e. The molecule has 2 amide bonds. The van der Waals surface area contributed by atoms with Gasteiger partial charge in [0, 0.05) is 7.05 Å². The summed E-state index contributed by atoms with van der Waals surface area (Å²) in [5, 5.41) is 0. The van der Waals surface area contributed by atoms with Gasteiger partial charge in [0.25, 0.3) is 15.9 Å². The number of carbonyl (C=O) groups is 3. The van der Waals surface area contributed by atoms with Crippen LogP contribution in [0, 0.1) is 6.92 Å². The number of esters is 1. The molecule has 2 aromatic carbocycles. The summed E-state index contributed by atoms with van der Waals surface area (Å²) in [6, 6.07) is 10.9. The Balaban J connectivity index is 1.30. The number of hydrogen-bond acceptors (Lipinski definition) is 8. The number of cyclic esters (lactones) is 1. The highest BCUT2D eigenvalue weighted by atomic mass is 32.2. The van der Waals surface area contributed by atoms with E-state index in [1.54, 1.807) is 44.3 Å². The Kier molecular flexibility index (Phi) is 11.5. The fourth-order valence-corrected chi connectivity index (χ4v) is 6.78. The molecular weight excluding hydrogens is 582 g/mol. The van der Waals surface area contributed by atoms with Gasteiger partial charge in [-0.05, 0) is 43.2 Å². The summed E-state index contributed by atoms with van der Waals surface area (Å²) in [6.07, 6.45) is 11.9. The molecule has 238 valence electrons. The lowest BCUT2D eigenvalue weighted by atomic mass is 10.1. The number of rotatable bonds is 16. The van der Waals surface area contributed by atoms with Crippen LogP contribution in [0.25, 0.3) is 0 Å². The van der Waals surface area contributed by atoms with Crippen molar-refractivity contribution in [2.45, 2.75) is 102 Å². The van der Waals surface area contributed by atoms with E-state index >= 15 is 0 Å². The van der Waals surface area contributed by atoms with Crippen molar-refractivity contribution in [1.29, 1.82) is 0 Å². The molecule has 2 aromatic rings. The molecule has 2 heterocycles. The first-order chi connectivity index (χ1) is 21.2. The topological polar surface area (TPSA) is 123 Å². The summed E-state index contributed by atoms with van der Waals surface area (Å²) in [6.45, 7) is 4.21. The number of imide groups is 1. The molecule has 1 saturated heterocycles. The average molecular weight is 626 g/mol. The first kappa shape index (κ1) is 33.2. The van der Waals surface area contributed by atoms with Crippen LogP contribution in [0.5, 0.6) is 0 Å². The maximum atomic E-state index is 13.5. The predicted octanol–water partition coefficient (Wildman–Crippen LogP) is 6.94. The first-order valence-electron chi connectivity index (χ1n) is 15.7. The highest BCUT2D eigenvalue weighted by Gasteiger charge is 2.48. The number of hydrogen-bond donors (Lipinski definition) is 0. The van der Waals surface area contributed by atoms with Crippen LogP contribution in [0.3, 0.4) is 0 Å². The zero-order valence-corrected chi connectivity index (χ0v) is 26.7. The van der Waals surface area contributed by atoms with Crippen LogP contribution in [0.15, 0.2) is 51.8 Å². The lowest BCUT2D eigenvalue weighted by molar-refractivity contribution is -0.119. The molecule has 1 atom stereocenters. The molecule has 11 heteroatoms. The third-order valence-electron chi connectivity index (χ3n) is 8.06. The number of likely N-dealkylation sites (N-methyl/N-ethyl adjacent to an activating group) is 1. The molecule has 1 fully saturated rings. The molecule has 0 aromatic heterocycles. The van der Waals surface area contributed by atoms with Crippen LogP contribution in [-0.4, -0.2) is 52.0 Å². The number of carbonyl (C=O) groups excluding carboxylic acids is 3. The molecule has 0 saturated carbocycles. The molecule has 2 aliphatic heterocycles. The van der Waals surface area contributed by atoms with Crippen molar-refractivity contribution >= 4 is 45.2 Å². The van der Waals surface area contributed by atoms with Gasteiger partial charge in [0.05, 0.1) is 23.5 Å². The number of amidine groups is 1. The summed E-state index contributed by atoms with van der Waals surface area (Å²) in [5.74, 6) is -1.58. The minimum atomic E-state index is -4.11. The van der Waals surface area contributed by atoms with E-state index in [1.165, 1.54) is 74.8 Å². The van der Waals surface area contributed by atoms with Crippen LogP contribution < -0.4 is 9.80 Å². The van der Waals surface area contributed by atoms with E-state index in [0.29, 0.717) is 11.3 Å². The number of aryl methyl sites for hydroxylation is 1. The minimum absolute atomic E-state index is 0.00886. The Hall–Kier alpha value is -3.73. The standard InChI is InChI=1S/C33H43N3O7S/c1-4-5-6-7-8-9-10-11-12-13-14-17-22-42-32(38)25-21-20-24(2)27(23-25)36-31(37)29(43-33(36)39)30-34-44(40,41)28-19-16-15-18-26(28)35(30)3/h15-16,18-21,23,29H,4-14,17,22H2,1-3H3. The first-order valence-corrected chi connectivity index (χ1v) is 17.1. The normalized spacial score (nSPS) is 17.3. The third kappa shape index (κ3) is 7.85. The van der Waals surface area contributed by atoms with E-state index in [-0.39, 0.29) is 28.6 Å². The second-order valence-electron chi connectivity index (χ2n) is 11.4. The van der Waals surface area contributed by atoms with Gasteiger partial charge in [-0.3, -0.25) is 4.79 Å². The number of ether oxygens (including phenoxy) is 2. The van der Waals surface area contributed by atoms with E-state index in [1.807, 2.05) is 0 Å². The monoisotopic (exact) mass is 625 g/mol. The van der Waals surface area contributed by atoms with Gasteiger partial charge in [0.2, 0.25) is 6.10 Å². The Morgan fingerprint density at radius 3 is 2.16 bits per heavy atom. The van der Waals surface area contributed by atoms with Crippen molar-refractivity contribution in [3.8, 4) is 0 Å². The zero-order chi connectivity index (χ0) is 31.7. The average Bonchev–Trinajstić information content (AvgIpc) is 3.30. The second-order valence-corrected chi connectivity index (χ2v) is 13.0. The third-order valence-corrected chi connectivity index (χ3v) is 9.39. The van der Waals surface area contributed by atoms with E-state index in [4.69, 9.17) is 9.47 Å². The lowest BCUT2D eigenvalue weighted by Crippen LogP contribution is -2.45. The van der Waals surface area contributed by atoms with E-state index in [9.17, 15) is 22.8 Å². The summed E-state index contributed by atoms with van der Waals surface area (Å²) in [4.78, 5) is 41.4. The summed E-state index contributed by atoms with van der Waals surface area (Å²) in [5.41, 5.74) is 1.21. The number of fused-ring (bicyclic) bond motifs is 1. The quantitative estimate of drug-likeness (QED) is 0.145. The van der Waals surface area contributed by atoms with Crippen LogP contribution >= 0.6 is 0 Å². The predicted molar refractivity (Wildman–Crippen MR) is 170 cm³/mol. The van der Waals surface area contributed by atoms with E-state index in [2.05, 4.69) is 11.3 Å². The highest BCUT2D eigenvalue weighted by molar-refractivity contribution is 7.90. The molecule has 10 nitrogen and oxygen atoms in total. The van der Waals surface area contributed by atoms with Crippen LogP contribution in [0.1, 0.15) is 99.9 Å². The van der Waals surface area contributed by atoms with Gasteiger partial charge in [-0.25, -0.2) is 14.5 Å². The van der Waals surface area contributed by atoms with Crippen LogP contribution in [0.4, 0.5) is 16.2 Å². The van der Waals surface area contributed by atoms with Crippen LogP contribution in [0.2, 0.25) is 0 Å². The van der Waals surface area contributed by atoms with Crippen molar-refractivity contribution in [3.63, 3.8) is 0 Å². The maximum Gasteiger partial charge on any atom is 0.422 e. The Morgan fingerprint density at radius 1 is 0.886 bits per heavy atom. The molecule has 44 heavy (non-hydrogen) atoms. The highest BCUT2D eigenvalue weighted by Crippen LogP contribution is 2.34. The molecule has 0 bridgehead atoms. The lowest BCUT2D eigenvalue weighted by Gasteiger charge is -2.28. The summed E-state index contributed by atoms with van der Waals surface area (Å²) >= 11 is 0. The molecule has 0 aliphatic carbocycles. The molecule has 0 N–H and O–H groups in total. The maximum absolute atomic E-state index is 13.5. The number of anilines is 2. The zero-order valence-electron chi connectivity index (χ0n) is 25.9. The number of benzene rings is 2. The van der Waals surface area contributed by atoms with Crippen molar-refractivity contribution < 1.29 is 32.3 Å². The van der Waals surface area contributed by atoms with Gasteiger partial charge in [-0.1, -0.05) is 95.8 Å². The van der Waals surface area contributed by atoms with Gasteiger partial charge >= 0.3 is 12.1 Å². The van der Waals surface area contributed by atoms with Gasteiger partial charge < -0.3 is 14.4 Å². The number of para-hydroxylation sites is 1. The molecule has 0 radical (unpaired) electrons. The second kappa shape index (κ2) is 15.3. The Labute approximate surface area is 260 Å². The van der Waals surface area contributed by atoms with Gasteiger partial charge in [-0.2, -0.15) is 8.42 Å². The largest absolute Gasteiger partial charge is 0.462 e. The van der Waals surface area contributed by atoms with Crippen molar-refractivity contribution in [1.82, 2.24) is 0 Å². The Morgan fingerprint density at radius 2 is 1.50 bits per heavy atom. The SMILES string of the molecule is CCCCCCCCCCCCCCOC(=O)c1ccc(C)c(N2C(=O)OC(C3=NS(=O)(=O)c4ccccc4N3C)C2=O)c1. The van der Waals surface area contributed by atoms with Gasteiger partial charge in [0.1, 0.15) is 4.90 Å². The molecule has 1 unspecified atom stereocenters. The van der Waals surface area contributed by atoms with Crippen molar-refractivity contribution in [3.05, 3.63) is 53.6 Å². The van der Waals surface area contributed by atoms with Crippen LogP contribution in [-0.2, 0) is 24.3 Å². The fraction of sp³-hybridized carbons (Fsp3) is 0.515. The van der Waals surface area contributed by atoms with Crippen molar-refractivity contribution in [2.75, 3.05) is 23.5 Å². The number of sulfonamides is 1. The number of nitrogens with zero attached hydrogens (tertiary/aromatic N) is 3. The minimum Gasteiger partial charge on any atom is -0.462 e. The summed E-state index contributed by atoms with van der Waals surface area (Å²) in [7, 11) is -2.56. The summed E-state index contributed by atoms with van der Waals surface area (Å²) < 4.78 is 40.2. The van der Waals surface area contributed by atoms with Gasteiger partial charge in [0.15, 0.2) is 5.84 Å². The molecular formula is C33H43N3O7S. The molecule has 2 aliphatic rings. The molecule has 4 rings (SSSR count). The van der Waals surface area contributed by atoms with Gasteiger partial charge in [-0.15, -0.1) is 4.40 Å². The Bertz CT molecular complexity index is 1490. The molecule has 0 spiro atoms. The van der Waals surface area contributed by atoms with E-state index < -0.39 is 34.1 Å². The fourth-order valence-electron chi connectivity index (χ4n) is 5.49. The number of unbranched alkanes of at least 4 members (excludes halogenated alkanes) is 11. The number of amides is 2. The van der Waals surface area contributed by atoms with Crippen molar-refractivity contribution in [2.24, 2.45) is 4.40 Å².